The first-order chi connectivity index (χ1) is 8.33. The molecule has 0 spiro atoms. The van der Waals surface area contributed by atoms with Crippen LogP contribution in [0.5, 0.6) is 0 Å². The number of Topliss-reactive ketones (excluding diaryl/α,β-unsaturated/α-hetero) is 1. The van der Waals surface area contributed by atoms with Crippen LogP contribution in [-0.4, -0.2) is 20.0 Å². The Bertz CT molecular complexity index is 540. The third-order valence-electron chi connectivity index (χ3n) is 2.44. The Hall–Kier alpha value is -0.940. The van der Waals surface area contributed by atoms with Crippen molar-refractivity contribution in [1.82, 2.24) is 0 Å². The third-order valence-corrected chi connectivity index (χ3v) is 4.53. The molecule has 0 radical (unpaired) electrons. The molecular formula is C12H14ClFO3S. The molecule has 0 saturated heterocycles. The van der Waals surface area contributed by atoms with Gasteiger partial charge in [-0.1, -0.05) is 11.6 Å². The van der Waals surface area contributed by atoms with E-state index >= 15 is 0 Å². The summed E-state index contributed by atoms with van der Waals surface area (Å²) in [5.41, 5.74) is 0. The number of hydrogen-bond donors (Lipinski definition) is 0. The Labute approximate surface area is 111 Å². The van der Waals surface area contributed by atoms with Gasteiger partial charge in [0.2, 0.25) is 0 Å². The molecule has 1 aromatic rings. The van der Waals surface area contributed by atoms with Gasteiger partial charge in [-0.2, -0.15) is 0 Å². The maximum atomic E-state index is 12.9. The number of unbranched alkanes of at least 4 members (excludes halogenated alkanes) is 1. The predicted octanol–water partition coefficient (Wildman–Crippen LogP) is 3.01. The summed E-state index contributed by atoms with van der Waals surface area (Å²) in [6.07, 6.45) is 1.31. The molecule has 0 atom stereocenters. The molecule has 0 aliphatic heterocycles. The molecule has 0 saturated carbocycles. The molecule has 100 valence electrons. The molecule has 0 aliphatic rings. The van der Waals surface area contributed by atoms with E-state index in [-0.39, 0.29) is 21.5 Å². The highest BCUT2D eigenvalue weighted by molar-refractivity contribution is 7.91. The first kappa shape index (κ1) is 15.1. The van der Waals surface area contributed by atoms with E-state index < -0.39 is 15.7 Å². The van der Waals surface area contributed by atoms with E-state index in [1.807, 2.05) is 0 Å². The van der Waals surface area contributed by atoms with Crippen LogP contribution >= 0.6 is 11.6 Å². The normalized spacial score (nSPS) is 11.5. The molecule has 0 unspecified atom stereocenters. The number of hydrogen-bond acceptors (Lipinski definition) is 3. The van der Waals surface area contributed by atoms with Gasteiger partial charge in [0.15, 0.2) is 9.84 Å². The molecule has 0 aliphatic carbocycles. The number of halogens is 2. The Kier molecular flexibility index (Phi) is 5.28. The minimum absolute atomic E-state index is 0.0109. The molecule has 6 heteroatoms. The maximum Gasteiger partial charge on any atom is 0.178 e. The summed E-state index contributed by atoms with van der Waals surface area (Å²) in [6.45, 7) is 1.47. The zero-order valence-corrected chi connectivity index (χ0v) is 11.5. The Morgan fingerprint density at radius 1 is 1.33 bits per heavy atom. The molecule has 0 aromatic heterocycles. The number of carbonyl (C=O) groups excluding carboxylic acids is 1. The van der Waals surface area contributed by atoms with Crippen molar-refractivity contribution in [2.75, 3.05) is 5.75 Å². The van der Waals surface area contributed by atoms with Crippen LogP contribution in [-0.2, 0) is 14.6 Å². The van der Waals surface area contributed by atoms with Crippen molar-refractivity contribution in [1.29, 1.82) is 0 Å². The second-order valence-electron chi connectivity index (χ2n) is 4.05. The summed E-state index contributed by atoms with van der Waals surface area (Å²) in [5, 5.41) is -0.209. The predicted molar refractivity (Wildman–Crippen MR) is 68.0 cm³/mol. The van der Waals surface area contributed by atoms with Crippen LogP contribution in [0.15, 0.2) is 23.1 Å². The van der Waals surface area contributed by atoms with E-state index in [9.17, 15) is 17.6 Å². The van der Waals surface area contributed by atoms with Gasteiger partial charge in [-0.3, -0.25) is 0 Å². The smallest absolute Gasteiger partial charge is 0.178 e. The zero-order valence-electron chi connectivity index (χ0n) is 9.95. The lowest BCUT2D eigenvalue weighted by atomic mass is 10.2. The van der Waals surface area contributed by atoms with E-state index in [2.05, 4.69) is 0 Å². The molecule has 1 aromatic carbocycles. The summed E-state index contributed by atoms with van der Waals surface area (Å²) in [7, 11) is -3.46. The minimum Gasteiger partial charge on any atom is -0.300 e. The summed E-state index contributed by atoms with van der Waals surface area (Å²) in [4.78, 5) is 10.7. The Morgan fingerprint density at radius 3 is 2.56 bits per heavy atom. The molecule has 0 N–H and O–H groups in total. The lowest BCUT2D eigenvalue weighted by molar-refractivity contribution is -0.117. The molecule has 0 amide bonds. The highest BCUT2D eigenvalue weighted by Gasteiger charge is 2.15. The topological polar surface area (TPSA) is 51.2 Å². The van der Waals surface area contributed by atoms with Crippen molar-refractivity contribution in [2.24, 2.45) is 0 Å². The second kappa shape index (κ2) is 6.29. The standard InChI is InChI=1S/C12H14ClFO3S/c1-9(15)4-2-3-7-18(16,17)10-5-6-12(14)11(13)8-10/h5-6,8H,2-4,7H2,1H3. The average molecular weight is 293 g/mol. The molecule has 3 nitrogen and oxygen atoms in total. The van der Waals surface area contributed by atoms with Crippen molar-refractivity contribution in [2.45, 2.75) is 31.1 Å². The van der Waals surface area contributed by atoms with Crippen LogP contribution in [0.4, 0.5) is 4.39 Å². The number of rotatable bonds is 6. The second-order valence-corrected chi connectivity index (χ2v) is 6.57. The van der Waals surface area contributed by atoms with Crippen LogP contribution in [0.25, 0.3) is 0 Å². The fourth-order valence-corrected chi connectivity index (χ4v) is 3.09. The van der Waals surface area contributed by atoms with E-state index in [1.165, 1.54) is 13.0 Å². The van der Waals surface area contributed by atoms with Gasteiger partial charge in [-0.25, -0.2) is 12.8 Å². The van der Waals surface area contributed by atoms with Gasteiger partial charge in [0.25, 0.3) is 0 Å². The number of ketones is 1. The molecular weight excluding hydrogens is 279 g/mol. The Balaban J connectivity index is 2.68. The van der Waals surface area contributed by atoms with E-state index in [0.717, 1.165) is 12.1 Å². The van der Waals surface area contributed by atoms with Crippen LogP contribution in [0.1, 0.15) is 26.2 Å². The molecule has 0 fully saturated rings. The molecule has 0 heterocycles. The van der Waals surface area contributed by atoms with Crippen molar-refractivity contribution in [3.63, 3.8) is 0 Å². The fourth-order valence-electron chi connectivity index (χ4n) is 1.45. The van der Waals surface area contributed by atoms with Crippen molar-refractivity contribution < 1.29 is 17.6 Å². The lowest BCUT2D eigenvalue weighted by Crippen LogP contribution is -2.07. The van der Waals surface area contributed by atoms with Gasteiger partial charge < -0.3 is 4.79 Å². The number of carbonyl (C=O) groups is 1. The van der Waals surface area contributed by atoms with Crippen LogP contribution in [0.2, 0.25) is 5.02 Å². The summed E-state index contributed by atoms with van der Waals surface area (Å²) in [5.74, 6) is -0.674. The van der Waals surface area contributed by atoms with Gasteiger partial charge in [-0.15, -0.1) is 0 Å². The van der Waals surface area contributed by atoms with E-state index in [0.29, 0.717) is 19.3 Å². The van der Waals surface area contributed by atoms with Gasteiger partial charge in [0.1, 0.15) is 11.6 Å². The third kappa shape index (κ3) is 4.38. The van der Waals surface area contributed by atoms with Crippen molar-refractivity contribution >= 4 is 27.2 Å². The first-order valence-corrected chi connectivity index (χ1v) is 7.53. The SMILES string of the molecule is CC(=O)CCCCS(=O)(=O)c1ccc(F)c(Cl)c1. The van der Waals surface area contributed by atoms with Gasteiger partial charge in [-0.05, 0) is 38.0 Å². The molecule has 0 bridgehead atoms. The van der Waals surface area contributed by atoms with Gasteiger partial charge in [0.05, 0.1) is 15.7 Å². The zero-order chi connectivity index (χ0) is 13.8. The van der Waals surface area contributed by atoms with Crippen molar-refractivity contribution in [3.05, 3.63) is 29.0 Å². The summed E-state index contributed by atoms with van der Waals surface area (Å²) < 4.78 is 36.7. The van der Waals surface area contributed by atoms with Gasteiger partial charge in [0, 0.05) is 6.42 Å². The number of sulfone groups is 1. The number of benzene rings is 1. The van der Waals surface area contributed by atoms with Gasteiger partial charge >= 0.3 is 0 Å². The highest BCUT2D eigenvalue weighted by Crippen LogP contribution is 2.21. The fraction of sp³-hybridized carbons (Fsp3) is 0.417. The maximum absolute atomic E-state index is 12.9. The highest BCUT2D eigenvalue weighted by atomic mass is 35.5. The van der Waals surface area contributed by atoms with Crippen LogP contribution in [0.3, 0.4) is 0 Å². The Morgan fingerprint density at radius 2 is 2.00 bits per heavy atom. The van der Waals surface area contributed by atoms with E-state index in [4.69, 9.17) is 11.6 Å². The monoisotopic (exact) mass is 292 g/mol. The average Bonchev–Trinajstić information content (AvgIpc) is 2.28. The quantitative estimate of drug-likeness (QED) is 0.598. The molecule has 1 rings (SSSR count). The molecule has 18 heavy (non-hydrogen) atoms. The first-order valence-electron chi connectivity index (χ1n) is 5.50. The lowest BCUT2D eigenvalue weighted by Gasteiger charge is -2.05. The summed E-state index contributed by atoms with van der Waals surface area (Å²) in [6, 6.07) is 3.34. The van der Waals surface area contributed by atoms with Crippen LogP contribution in [0, 0.1) is 5.82 Å². The minimum atomic E-state index is -3.46. The largest absolute Gasteiger partial charge is 0.300 e. The van der Waals surface area contributed by atoms with E-state index in [1.54, 1.807) is 0 Å². The van der Waals surface area contributed by atoms with Crippen LogP contribution < -0.4 is 0 Å². The van der Waals surface area contributed by atoms with Crippen molar-refractivity contribution in [3.8, 4) is 0 Å². The summed E-state index contributed by atoms with van der Waals surface area (Å²) >= 11 is 5.54.